The van der Waals surface area contributed by atoms with E-state index >= 15 is 0 Å². The summed E-state index contributed by atoms with van der Waals surface area (Å²) >= 11 is 8.65. The number of nitrogens with zero attached hydrogens (tertiary/aromatic N) is 4. The Morgan fingerprint density at radius 2 is 1.80 bits per heavy atom. The lowest BCUT2D eigenvalue weighted by atomic mass is 10.1. The highest BCUT2D eigenvalue weighted by Gasteiger charge is 2.18. The van der Waals surface area contributed by atoms with Crippen LogP contribution in [0.5, 0.6) is 0 Å². The summed E-state index contributed by atoms with van der Waals surface area (Å²) in [6.07, 6.45) is 0. The van der Waals surface area contributed by atoms with Gasteiger partial charge in [0.1, 0.15) is 35.5 Å². The van der Waals surface area contributed by atoms with E-state index in [9.17, 15) is 4.39 Å². The number of allylic oxidation sites excluding steroid dienone is 2. The molecule has 8 heteroatoms. The van der Waals surface area contributed by atoms with Crippen molar-refractivity contribution in [1.29, 1.82) is 21.0 Å². The van der Waals surface area contributed by atoms with E-state index in [0.29, 0.717) is 0 Å². The molecule has 96 valence electrons. The van der Waals surface area contributed by atoms with Crippen LogP contribution in [0.15, 0.2) is 21.8 Å². The summed E-state index contributed by atoms with van der Waals surface area (Å²) in [5, 5.41) is 37.4. The van der Waals surface area contributed by atoms with Crippen LogP contribution in [-0.4, -0.2) is 0 Å². The van der Waals surface area contributed by atoms with Gasteiger partial charge in [0.2, 0.25) is 0 Å². The van der Waals surface area contributed by atoms with Gasteiger partial charge in [-0.15, -0.1) is 0 Å². The van der Waals surface area contributed by atoms with Gasteiger partial charge in [-0.05, 0) is 22.0 Å². The number of nitriles is 4. The molecule has 0 aliphatic heterocycles. The number of hydrogen-bond donors (Lipinski definition) is 1. The largest absolute Gasteiger partial charge is 0.343 e. The molecule has 0 saturated heterocycles. The van der Waals surface area contributed by atoms with Gasteiger partial charge >= 0.3 is 0 Å². The van der Waals surface area contributed by atoms with Gasteiger partial charge in [-0.25, -0.2) is 4.39 Å². The van der Waals surface area contributed by atoms with Crippen LogP contribution in [0.25, 0.3) is 0 Å². The summed E-state index contributed by atoms with van der Waals surface area (Å²) in [6, 6.07) is 7.43. The van der Waals surface area contributed by atoms with E-state index in [-0.39, 0.29) is 15.2 Å². The van der Waals surface area contributed by atoms with Crippen molar-refractivity contribution in [2.45, 2.75) is 0 Å². The van der Waals surface area contributed by atoms with Crippen molar-refractivity contribution < 1.29 is 4.39 Å². The lowest BCUT2D eigenvalue weighted by Crippen LogP contribution is -2.05. The summed E-state index contributed by atoms with van der Waals surface area (Å²) in [6.45, 7) is 0. The lowest BCUT2D eigenvalue weighted by molar-refractivity contribution is 0.624. The first-order valence-corrected chi connectivity index (χ1v) is 5.96. The fourth-order valence-corrected chi connectivity index (χ4v) is 2.09. The minimum atomic E-state index is -0.965. The molecule has 0 aromatic heterocycles. The summed E-state index contributed by atoms with van der Waals surface area (Å²) in [5.74, 6) is -0.965. The molecule has 0 amide bonds. The van der Waals surface area contributed by atoms with E-state index in [0.717, 1.165) is 0 Å². The predicted octanol–water partition coefficient (Wildman–Crippen LogP) is 3.35. The molecule has 0 heterocycles. The van der Waals surface area contributed by atoms with E-state index in [1.807, 2.05) is 0 Å². The quantitative estimate of drug-likeness (QED) is 0.650. The summed E-state index contributed by atoms with van der Waals surface area (Å²) in [4.78, 5) is 0. The Balaban J connectivity index is 3.54. The highest BCUT2D eigenvalue weighted by atomic mass is 79.9. The molecule has 5 nitrogen and oxygen atoms in total. The van der Waals surface area contributed by atoms with Crippen LogP contribution in [0, 0.1) is 51.1 Å². The van der Waals surface area contributed by atoms with Crippen LogP contribution < -0.4 is 5.32 Å². The van der Waals surface area contributed by atoms with Gasteiger partial charge in [-0.3, -0.25) is 0 Å². The fraction of sp³-hybridized carbons (Fsp3) is 0. The third-order valence-corrected chi connectivity index (χ3v) is 3.02. The fourth-order valence-electron chi connectivity index (χ4n) is 1.23. The maximum atomic E-state index is 13.7. The van der Waals surface area contributed by atoms with Crippen molar-refractivity contribution in [1.82, 2.24) is 0 Å². The number of benzene rings is 1. The summed E-state index contributed by atoms with van der Waals surface area (Å²) < 4.78 is 13.9. The van der Waals surface area contributed by atoms with Crippen LogP contribution >= 0.6 is 27.5 Å². The second-order valence-electron chi connectivity index (χ2n) is 3.23. The van der Waals surface area contributed by atoms with Crippen molar-refractivity contribution in [2.24, 2.45) is 0 Å². The molecule has 0 fully saturated rings. The van der Waals surface area contributed by atoms with Crippen molar-refractivity contribution >= 4 is 33.2 Å². The average Bonchev–Trinajstić information content (AvgIpc) is 2.44. The van der Waals surface area contributed by atoms with Crippen molar-refractivity contribution in [3.8, 4) is 24.3 Å². The Morgan fingerprint density at radius 3 is 2.25 bits per heavy atom. The maximum Gasteiger partial charge on any atom is 0.163 e. The Kier molecular flexibility index (Phi) is 5.07. The first-order chi connectivity index (χ1) is 9.49. The molecule has 1 aromatic rings. The Hall–Kier alpha value is -2.58. The van der Waals surface area contributed by atoms with Gasteiger partial charge in [-0.2, -0.15) is 21.0 Å². The number of anilines is 1. The van der Waals surface area contributed by atoms with E-state index in [1.165, 1.54) is 18.2 Å². The Bertz CT molecular complexity index is 757. The summed E-state index contributed by atoms with van der Waals surface area (Å²) in [5.41, 5.74) is -1.41. The van der Waals surface area contributed by atoms with E-state index < -0.39 is 22.7 Å². The summed E-state index contributed by atoms with van der Waals surface area (Å²) in [7, 11) is 0. The van der Waals surface area contributed by atoms with Crippen molar-refractivity contribution in [3.63, 3.8) is 0 Å². The number of nitrogens with one attached hydrogen (secondary N) is 1. The monoisotopic (exact) mass is 349 g/mol. The van der Waals surface area contributed by atoms with Gasteiger partial charge < -0.3 is 5.32 Å². The highest BCUT2D eigenvalue weighted by molar-refractivity contribution is 9.10. The normalized spacial score (nSPS) is 8.55. The molecular formula is C12H2BrClFN5. The average molecular weight is 351 g/mol. The Labute approximate surface area is 126 Å². The minimum Gasteiger partial charge on any atom is -0.343 e. The van der Waals surface area contributed by atoms with Gasteiger partial charge in [0, 0.05) is 4.47 Å². The standard InChI is InChI=1S/C12H2BrClFN5/c13-8-1-9(14)11(15)7(4-18)12(8)20-10(5-19)6(2-16)3-17/h1,20H. The Morgan fingerprint density at radius 1 is 1.20 bits per heavy atom. The lowest BCUT2D eigenvalue weighted by Gasteiger charge is -2.10. The number of rotatable bonds is 2. The molecule has 0 aliphatic carbocycles. The van der Waals surface area contributed by atoms with Crippen molar-refractivity contribution in [2.75, 3.05) is 5.32 Å². The molecule has 0 spiro atoms. The first-order valence-electron chi connectivity index (χ1n) is 4.79. The van der Waals surface area contributed by atoms with Gasteiger partial charge in [0.15, 0.2) is 11.4 Å². The topological polar surface area (TPSA) is 107 Å². The number of halogens is 3. The predicted molar refractivity (Wildman–Crippen MR) is 71.3 cm³/mol. The zero-order chi connectivity index (χ0) is 15.3. The molecule has 1 aromatic carbocycles. The SMILES string of the molecule is N#CC(C#N)=C(C#N)Nc1c(Br)cc(Cl)c(F)c1C#N. The van der Waals surface area contributed by atoms with Crippen LogP contribution in [-0.2, 0) is 0 Å². The van der Waals surface area contributed by atoms with Gasteiger partial charge in [0.25, 0.3) is 0 Å². The maximum absolute atomic E-state index is 13.7. The van der Waals surface area contributed by atoms with Crippen LogP contribution in [0.3, 0.4) is 0 Å². The number of hydrogen-bond acceptors (Lipinski definition) is 5. The van der Waals surface area contributed by atoms with E-state index in [1.54, 1.807) is 12.1 Å². The second-order valence-corrected chi connectivity index (χ2v) is 4.49. The van der Waals surface area contributed by atoms with Crippen LogP contribution in [0.2, 0.25) is 5.02 Å². The molecule has 1 rings (SSSR count). The van der Waals surface area contributed by atoms with E-state index in [2.05, 4.69) is 21.2 Å². The van der Waals surface area contributed by atoms with Gasteiger partial charge in [-0.1, -0.05) is 11.6 Å². The zero-order valence-corrected chi connectivity index (χ0v) is 11.8. The smallest absolute Gasteiger partial charge is 0.163 e. The molecule has 1 N–H and O–H groups in total. The molecule has 20 heavy (non-hydrogen) atoms. The highest BCUT2D eigenvalue weighted by Crippen LogP contribution is 2.34. The van der Waals surface area contributed by atoms with Crippen LogP contribution in [0.4, 0.5) is 10.1 Å². The molecule has 0 bridgehead atoms. The van der Waals surface area contributed by atoms with Crippen LogP contribution in [0.1, 0.15) is 5.56 Å². The minimum absolute atomic E-state index is 0.0889. The molecular weight excluding hydrogens is 349 g/mol. The van der Waals surface area contributed by atoms with E-state index in [4.69, 9.17) is 32.6 Å². The third-order valence-electron chi connectivity index (χ3n) is 2.12. The molecule has 0 radical (unpaired) electrons. The third kappa shape index (κ3) is 2.87. The molecule has 0 saturated carbocycles. The second kappa shape index (κ2) is 6.55. The van der Waals surface area contributed by atoms with Gasteiger partial charge in [0.05, 0.1) is 10.7 Å². The molecule has 0 atom stereocenters. The molecule has 0 unspecified atom stereocenters. The first kappa shape index (κ1) is 15.5. The zero-order valence-electron chi connectivity index (χ0n) is 9.50. The van der Waals surface area contributed by atoms with Crippen molar-refractivity contribution in [3.05, 3.63) is 38.2 Å². The molecule has 0 aliphatic rings.